The van der Waals surface area contributed by atoms with Gasteiger partial charge in [-0.1, -0.05) is 162 Å². The number of hydrogen-bond acceptors (Lipinski definition) is 2. The SMILES string of the molecule is Cc1ccc(-c2ccc3c(c2)c2cc(-c4ccc(C)cc4)ccc2n3-c2ccc(-c3ccc(C#N)cc3C(F)(F)F)cc2-c2ccc(C#N)cc2-n2c3ccc(-c4ccc(C)cc4)cc3c3cc(-c4ccc(C)cc4)ccc32)cc1. The zero-order valence-electron chi connectivity index (χ0n) is 44.3. The third-order valence-corrected chi connectivity index (χ3v) is 15.7. The lowest BCUT2D eigenvalue weighted by Gasteiger charge is -2.21. The largest absolute Gasteiger partial charge is 0.417 e. The van der Waals surface area contributed by atoms with E-state index in [0.29, 0.717) is 27.9 Å². The second kappa shape index (κ2) is 19.4. The molecule has 7 heteroatoms. The number of halogens is 3. The van der Waals surface area contributed by atoms with Crippen molar-refractivity contribution in [2.75, 3.05) is 0 Å². The van der Waals surface area contributed by atoms with Crippen molar-refractivity contribution in [1.82, 2.24) is 9.13 Å². The van der Waals surface area contributed by atoms with Crippen molar-refractivity contribution in [2.45, 2.75) is 33.9 Å². The number of nitriles is 2. The lowest BCUT2D eigenvalue weighted by molar-refractivity contribution is -0.137. The van der Waals surface area contributed by atoms with Crippen molar-refractivity contribution in [3.8, 4) is 90.3 Å². The van der Waals surface area contributed by atoms with E-state index in [0.717, 1.165) is 122 Å². The monoisotopic (exact) mass is 1040 g/mol. The van der Waals surface area contributed by atoms with E-state index in [-0.39, 0.29) is 11.1 Å². The Hall–Kier alpha value is -10.2. The summed E-state index contributed by atoms with van der Waals surface area (Å²) in [7, 11) is 0. The summed E-state index contributed by atoms with van der Waals surface area (Å²) in [6, 6.07) is 79.2. The zero-order valence-corrected chi connectivity index (χ0v) is 44.3. The molecular weight excluding hydrogens is 990 g/mol. The Bertz CT molecular complexity index is 4510. The molecule has 11 aromatic carbocycles. The molecule has 0 N–H and O–H groups in total. The molecule has 2 aromatic heterocycles. The standard InChI is InChI=1S/C73H49F3N4/c1-44-5-15-50(16-6-44)54-23-30-68-62(37-54)63-38-55(51-17-7-45(2)8-18-51)24-31-69(63)79(68)67-34-27-58(59-28-13-48(42-77)35-66(59)73(74,75)76)41-61(67)60-29-14-49(43-78)36-72(60)80-70-32-25-56(52-19-9-46(3)10-20-52)39-64(70)65-40-57(26-33-71(65)80)53-21-11-47(4)12-22-53/h5-41H,1-4H3. The van der Waals surface area contributed by atoms with Crippen LogP contribution in [0.4, 0.5) is 13.2 Å². The Morgan fingerprint density at radius 3 is 0.988 bits per heavy atom. The Morgan fingerprint density at radius 2 is 0.625 bits per heavy atom. The van der Waals surface area contributed by atoms with E-state index in [2.05, 4.69) is 213 Å². The van der Waals surface area contributed by atoms with E-state index in [9.17, 15) is 10.5 Å². The molecule has 382 valence electrons. The number of rotatable bonds is 8. The molecule has 13 rings (SSSR count). The third-order valence-electron chi connectivity index (χ3n) is 15.7. The summed E-state index contributed by atoms with van der Waals surface area (Å²) in [6.45, 7) is 8.30. The summed E-state index contributed by atoms with van der Waals surface area (Å²) in [6.07, 6.45) is -4.77. The number of alkyl halides is 3. The van der Waals surface area contributed by atoms with Crippen LogP contribution in [0.3, 0.4) is 0 Å². The highest BCUT2D eigenvalue weighted by Gasteiger charge is 2.34. The van der Waals surface area contributed by atoms with E-state index in [1.54, 1.807) is 12.1 Å². The van der Waals surface area contributed by atoms with Gasteiger partial charge in [-0.15, -0.1) is 0 Å². The van der Waals surface area contributed by atoms with Gasteiger partial charge in [-0.25, -0.2) is 0 Å². The summed E-state index contributed by atoms with van der Waals surface area (Å²) in [5, 5.41) is 24.6. The zero-order chi connectivity index (χ0) is 55.0. The fourth-order valence-electron chi connectivity index (χ4n) is 11.5. The second-order valence-electron chi connectivity index (χ2n) is 21.0. The van der Waals surface area contributed by atoms with Crippen molar-refractivity contribution in [2.24, 2.45) is 0 Å². The highest BCUT2D eigenvalue weighted by atomic mass is 19.4. The smallest absolute Gasteiger partial charge is 0.309 e. The van der Waals surface area contributed by atoms with E-state index in [1.807, 2.05) is 30.3 Å². The third kappa shape index (κ3) is 8.67. The molecule has 0 aliphatic carbocycles. The van der Waals surface area contributed by atoms with Gasteiger partial charge in [0.15, 0.2) is 0 Å². The molecule has 0 saturated heterocycles. The minimum atomic E-state index is -4.77. The minimum absolute atomic E-state index is 0.0590. The average molecular weight is 1040 g/mol. The maximum atomic E-state index is 15.3. The fourth-order valence-corrected chi connectivity index (χ4v) is 11.5. The predicted octanol–water partition coefficient (Wildman–Crippen LogP) is 19.9. The number of benzene rings is 11. The van der Waals surface area contributed by atoms with Crippen LogP contribution < -0.4 is 0 Å². The molecule has 0 atom stereocenters. The topological polar surface area (TPSA) is 57.4 Å². The van der Waals surface area contributed by atoms with Gasteiger partial charge < -0.3 is 9.13 Å². The molecule has 80 heavy (non-hydrogen) atoms. The molecule has 13 aromatic rings. The van der Waals surface area contributed by atoms with Gasteiger partial charge in [-0.2, -0.15) is 23.7 Å². The number of nitrogens with zero attached hydrogens (tertiary/aromatic N) is 4. The van der Waals surface area contributed by atoms with Crippen molar-refractivity contribution in [1.29, 1.82) is 10.5 Å². The van der Waals surface area contributed by atoms with Gasteiger partial charge in [-0.3, -0.25) is 0 Å². The summed E-state index contributed by atoms with van der Waals surface area (Å²) >= 11 is 0. The molecule has 0 radical (unpaired) electrons. The quantitative estimate of drug-likeness (QED) is 0.152. The first kappa shape index (κ1) is 49.4. The van der Waals surface area contributed by atoms with Gasteiger partial charge >= 0.3 is 6.18 Å². The molecular formula is C73H49F3N4. The fraction of sp³-hybridized carbons (Fsp3) is 0.0685. The molecule has 0 saturated carbocycles. The number of aromatic nitrogens is 2. The maximum absolute atomic E-state index is 15.3. The van der Waals surface area contributed by atoms with Crippen molar-refractivity contribution in [3.05, 3.63) is 263 Å². The number of fused-ring (bicyclic) bond motifs is 6. The van der Waals surface area contributed by atoms with Crippen LogP contribution in [0.25, 0.3) is 122 Å². The van der Waals surface area contributed by atoms with Gasteiger partial charge in [0, 0.05) is 32.7 Å². The molecule has 0 aliphatic rings. The Labute approximate surface area is 461 Å². The van der Waals surface area contributed by atoms with Crippen LogP contribution in [-0.4, -0.2) is 9.13 Å². The molecule has 0 aliphatic heterocycles. The lowest BCUT2D eigenvalue weighted by atomic mass is 9.92. The van der Waals surface area contributed by atoms with E-state index >= 15 is 13.2 Å². The summed E-state index contributed by atoms with van der Waals surface area (Å²) < 4.78 is 50.2. The normalized spacial score (nSPS) is 11.7. The van der Waals surface area contributed by atoms with Gasteiger partial charge in [0.25, 0.3) is 0 Å². The van der Waals surface area contributed by atoms with Crippen molar-refractivity contribution >= 4 is 43.6 Å². The molecule has 2 heterocycles. The minimum Gasteiger partial charge on any atom is -0.309 e. The first-order valence-electron chi connectivity index (χ1n) is 26.6. The highest BCUT2D eigenvalue weighted by molar-refractivity contribution is 6.14. The Kier molecular flexibility index (Phi) is 11.9. The molecule has 0 bridgehead atoms. The van der Waals surface area contributed by atoms with E-state index < -0.39 is 11.7 Å². The molecule has 4 nitrogen and oxygen atoms in total. The van der Waals surface area contributed by atoms with E-state index in [4.69, 9.17) is 0 Å². The highest BCUT2D eigenvalue weighted by Crippen LogP contribution is 2.46. The van der Waals surface area contributed by atoms with Crippen molar-refractivity contribution in [3.63, 3.8) is 0 Å². The Balaban J connectivity index is 1.12. The average Bonchev–Trinajstić information content (AvgIpc) is 4.16. The first-order valence-corrected chi connectivity index (χ1v) is 26.6. The lowest BCUT2D eigenvalue weighted by Crippen LogP contribution is -2.08. The van der Waals surface area contributed by atoms with Gasteiger partial charge in [0.1, 0.15) is 0 Å². The second-order valence-corrected chi connectivity index (χ2v) is 21.0. The van der Waals surface area contributed by atoms with Crippen LogP contribution in [0, 0.1) is 50.4 Å². The van der Waals surface area contributed by atoms with Crippen LogP contribution in [0.15, 0.2) is 224 Å². The molecule has 0 amide bonds. The van der Waals surface area contributed by atoms with Crippen LogP contribution >= 0.6 is 0 Å². The number of aryl methyl sites for hydroxylation is 4. The summed E-state index contributed by atoms with van der Waals surface area (Å²) in [4.78, 5) is 0. The molecule has 0 spiro atoms. The van der Waals surface area contributed by atoms with Gasteiger partial charge in [-0.05, 0) is 168 Å². The van der Waals surface area contributed by atoms with E-state index in [1.165, 1.54) is 12.1 Å². The molecule has 0 unspecified atom stereocenters. The van der Waals surface area contributed by atoms with Crippen LogP contribution in [-0.2, 0) is 6.18 Å². The van der Waals surface area contributed by atoms with Gasteiger partial charge in [0.05, 0.1) is 62.3 Å². The molecule has 0 fully saturated rings. The van der Waals surface area contributed by atoms with Crippen molar-refractivity contribution < 1.29 is 13.2 Å². The maximum Gasteiger partial charge on any atom is 0.417 e. The Morgan fingerprint density at radius 1 is 0.300 bits per heavy atom. The number of hydrogen-bond donors (Lipinski definition) is 0. The first-order chi connectivity index (χ1) is 38.8. The summed E-state index contributed by atoms with van der Waals surface area (Å²) in [5.41, 5.74) is 19.1. The van der Waals surface area contributed by atoms with Crippen LogP contribution in [0.1, 0.15) is 38.9 Å². The van der Waals surface area contributed by atoms with Crippen LogP contribution in [0.2, 0.25) is 0 Å². The summed E-state index contributed by atoms with van der Waals surface area (Å²) in [5.74, 6) is 0. The predicted molar refractivity (Wildman–Crippen MR) is 321 cm³/mol. The van der Waals surface area contributed by atoms with Gasteiger partial charge in [0.2, 0.25) is 0 Å². The van der Waals surface area contributed by atoms with Crippen LogP contribution in [0.5, 0.6) is 0 Å².